The summed E-state index contributed by atoms with van der Waals surface area (Å²) >= 11 is 1.44. The molecule has 0 N–H and O–H groups in total. The molecular weight excluding hydrogens is 296 g/mol. The van der Waals surface area contributed by atoms with Crippen molar-refractivity contribution >= 4 is 22.4 Å². The van der Waals surface area contributed by atoms with Crippen LogP contribution >= 0.6 is 11.3 Å². The Labute approximate surface area is 133 Å². The highest BCUT2D eigenvalue weighted by molar-refractivity contribution is 7.14. The topological polar surface area (TPSA) is 60.2 Å². The van der Waals surface area contributed by atoms with Crippen LogP contribution in [0.5, 0.6) is 0 Å². The Morgan fingerprint density at radius 1 is 1.45 bits per heavy atom. The largest absolute Gasteiger partial charge is 0.298 e. The summed E-state index contributed by atoms with van der Waals surface area (Å²) in [5, 5.41) is 11.7. The first-order valence-electron chi connectivity index (χ1n) is 7.15. The molecule has 1 saturated heterocycles. The summed E-state index contributed by atoms with van der Waals surface area (Å²) in [5.41, 5.74) is 1.90. The first kappa shape index (κ1) is 14.5. The Balaban J connectivity index is 1.78. The molecule has 0 aliphatic carbocycles. The van der Waals surface area contributed by atoms with E-state index in [1.54, 1.807) is 16.8 Å². The van der Waals surface area contributed by atoms with Crippen LogP contribution in [-0.2, 0) is 4.79 Å². The average Bonchev–Trinajstić information content (AvgIpc) is 3.23. The van der Waals surface area contributed by atoms with Gasteiger partial charge in [0, 0.05) is 24.5 Å². The van der Waals surface area contributed by atoms with Crippen molar-refractivity contribution in [1.29, 1.82) is 5.26 Å². The molecule has 0 unspecified atom stereocenters. The molecular formula is C16H16N4OS. The highest BCUT2D eigenvalue weighted by atomic mass is 32.1. The SMILES string of the molecule is CN(C(=O)[C@@H]1CCCN1C#N)c1nc(-c2ccccc2)cs1. The Hall–Kier alpha value is -2.39. The van der Waals surface area contributed by atoms with Crippen molar-refractivity contribution in [3.05, 3.63) is 35.7 Å². The number of amides is 1. The van der Waals surface area contributed by atoms with E-state index in [1.165, 1.54) is 11.3 Å². The van der Waals surface area contributed by atoms with Crippen molar-refractivity contribution in [3.63, 3.8) is 0 Å². The standard InChI is InChI=1S/C16H16N4OS/c1-19(15(21)14-8-5-9-20(14)11-17)16-18-13(10-22-16)12-6-3-2-4-7-12/h2-4,6-7,10,14H,5,8-9H2,1H3/t14-/m0/s1. The molecule has 2 aromatic rings. The van der Waals surface area contributed by atoms with E-state index in [4.69, 9.17) is 5.26 Å². The number of likely N-dealkylation sites (N-methyl/N-ethyl adjacent to an activating group) is 1. The van der Waals surface area contributed by atoms with Crippen molar-refractivity contribution < 1.29 is 4.79 Å². The number of hydrogen-bond acceptors (Lipinski definition) is 5. The van der Waals surface area contributed by atoms with Gasteiger partial charge in [-0.05, 0) is 12.8 Å². The van der Waals surface area contributed by atoms with Crippen LogP contribution in [0, 0.1) is 11.5 Å². The van der Waals surface area contributed by atoms with Gasteiger partial charge in [-0.25, -0.2) is 4.98 Å². The zero-order valence-corrected chi connectivity index (χ0v) is 13.1. The molecule has 6 heteroatoms. The predicted octanol–water partition coefficient (Wildman–Crippen LogP) is 2.72. The minimum atomic E-state index is -0.348. The van der Waals surface area contributed by atoms with Crippen LogP contribution < -0.4 is 4.90 Å². The summed E-state index contributed by atoms with van der Waals surface area (Å²) in [6.07, 6.45) is 3.71. The summed E-state index contributed by atoms with van der Waals surface area (Å²) in [6, 6.07) is 9.53. The molecule has 0 spiro atoms. The summed E-state index contributed by atoms with van der Waals surface area (Å²) in [4.78, 5) is 20.2. The predicted molar refractivity (Wildman–Crippen MR) is 86.3 cm³/mol. The summed E-state index contributed by atoms with van der Waals surface area (Å²) < 4.78 is 0. The third kappa shape index (κ3) is 2.68. The van der Waals surface area contributed by atoms with Crippen LogP contribution in [0.15, 0.2) is 35.7 Å². The van der Waals surface area contributed by atoms with Crippen molar-refractivity contribution in [2.75, 3.05) is 18.5 Å². The second-order valence-electron chi connectivity index (χ2n) is 5.23. The number of benzene rings is 1. The maximum Gasteiger partial charge on any atom is 0.251 e. The van der Waals surface area contributed by atoms with E-state index in [9.17, 15) is 4.79 Å². The van der Waals surface area contributed by atoms with Gasteiger partial charge in [-0.3, -0.25) is 14.6 Å². The van der Waals surface area contributed by atoms with Crippen molar-refractivity contribution in [2.24, 2.45) is 0 Å². The molecule has 5 nitrogen and oxygen atoms in total. The monoisotopic (exact) mass is 312 g/mol. The van der Waals surface area contributed by atoms with Crippen LogP contribution in [0.3, 0.4) is 0 Å². The van der Waals surface area contributed by atoms with Crippen LogP contribution in [0.1, 0.15) is 12.8 Å². The van der Waals surface area contributed by atoms with E-state index in [2.05, 4.69) is 11.2 Å². The number of nitriles is 1. The summed E-state index contributed by atoms with van der Waals surface area (Å²) in [7, 11) is 1.73. The lowest BCUT2D eigenvalue weighted by Crippen LogP contribution is -2.42. The van der Waals surface area contributed by atoms with Crippen molar-refractivity contribution in [2.45, 2.75) is 18.9 Å². The maximum atomic E-state index is 12.6. The normalized spacial score (nSPS) is 17.3. The van der Waals surface area contributed by atoms with E-state index < -0.39 is 0 Å². The van der Waals surface area contributed by atoms with Crippen LogP contribution in [-0.4, -0.2) is 35.4 Å². The van der Waals surface area contributed by atoms with Gasteiger partial charge in [0.25, 0.3) is 5.91 Å². The van der Waals surface area contributed by atoms with Crippen LogP contribution in [0.25, 0.3) is 11.3 Å². The first-order chi connectivity index (χ1) is 10.7. The van der Waals surface area contributed by atoms with Gasteiger partial charge in [0.2, 0.25) is 0 Å². The van der Waals surface area contributed by atoms with E-state index in [1.807, 2.05) is 35.7 Å². The van der Waals surface area contributed by atoms with Crippen LogP contribution in [0.2, 0.25) is 0 Å². The maximum absolute atomic E-state index is 12.6. The number of carbonyl (C=O) groups excluding carboxylic acids is 1. The number of hydrogen-bond donors (Lipinski definition) is 0. The summed E-state index contributed by atoms with van der Waals surface area (Å²) in [5.74, 6) is -0.0620. The van der Waals surface area contributed by atoms with Gasteiger partial charge in [0.05, 0.1) is 5.69 Å². The molecule has 0 bridgehead atoms. The zero-order valence-electron chi connectivity index (χ0n) is 12.3. The van der Waals surface area contributed by atoms with Gasteiger partial charge < -0.3 is 0 Å². The van der Waals surface area contributed by atoms with Gasteiger partial charge in [0.1, 0.15) is 6.04 Å². The molecule has 1 aliphatic heterocycles. The van der Waals surface area contributed by atoms with Gasteiger partial charge in [-0.1, -0.05) is 30.3 Å². The molecule has 1 aromatic carbocycles. The average molecular weight is 312 g/mol. The molecule has 112 valence electrons. The zero-order chi connectivity index (χ0) is 15.5. The second-order valence-corrected chi connectivity index (χ2v) is 6.07. The fraction of sp³-hybridized carbons (Fsp3) is 0.312. The molecule has 1 fully saturated rings. The molecule has 2 heterocycles. The number of nitrogens with zero attached hydrogens (tertiary/aromatic N) is 4. The van der Waals surface area contributed by atoms with Crippen LogP contribution in [0.4, 0.5) is 5.13 Å². The lowest BCUT2D eigenvalue weighted by molar-refractivity contribution is -0.121. The molecule has 1 aliphatic rings. The summed E-state index contributed by atoms with van der Waals surface area (Å²) in [6.45, 7) is 0.661. The Morgan fingerprint density at radius 2 is 2.23 bits per heavy atom. The first-order valence-corrected chi connectivity index (χ1v) is 8.03. The molecule has 22 heavy (non-hydrogen) atoms. The van der Waals surface area contributed by atoms with E-state index in [0.717, 1.165) is 24.1 Å². The van der Waals surface area contributed by atoms with E-state index in [0.29, 0.717) is 11.7 Å². The van der Waals surface area contributed by atoms with E-state index in [-0.39, 0.29) is 11.9 Å². The fourth-order valence-electron chi connectivity index (χ4n) is 2.62. The molecule has 0 saturated carbocycles. The Kier molecular flexibility index (Phi) is 4.07. The molecule has 3 rings (SSSR count). The van der Waals surface area contributed by atoms with Crippen molar-refractivity contribution in [1.82, 2.24) is 9.88 Å². The number of thiazole rings is 1. The quantitative estimate of drug-likeness (QED) is 0.818. The molecule has 1 amide bonds. The molecule has 1 atom stereocenters. The highest BCUT2D eigenvalue weighted by Crippen LogP contribution is 2.28. The molecule has 0 radical (unpaired) electrons. The lowest BCUT2D eigenvalue weighted by atomic mass is 10.2. The third-order valence-corrected chi connectivity index (χ3v) is 4.76. The minimum absolute atomic E-state index is 0.0620. The number of anilines is 1. The van der Waals surface area contributed by atoms with Gasteiger partial charge in [0.15, 0.2) is 11.3 Å². The minimum Gasteiger partial charge on any atom is -0.298 e. The molecule has 1 aromatic heterocycles. The highest BCUT2D eigenvalue weighted by Gasteiger charge is 2.33. The van der Waals surface area contributed by atoms with Gasteiger partial charge in [-0.15, -0.1) is 11.3 Å². The Bertz CT molecular complexity index is 706. The Morgan fingerprint density at radius 3 is 2.95 bits per heavy atom. The van der Waals surface area contributed by atoms with Gasteiger partial charge >= 0.3 is 0 Å². The number of aromatic nitrogens is 1. The third-order valence-electron chi connectivity index (χ3n) is 3.85. The van der Waals surface area contributed by atoms with E-state index >= 15 is 0 Å². The van der Waals surface area contributed by atoms with Gasteiger partial charge in [-0.2, -0.15) is 5.26 Å². The number of carbonyl (C=O) groups is 1. The smallest absolute Gasteiger partial charge is 0.251 e. The second kappa shape index (κ2) is 6.16. The number of rotatable bonds is 3. The fourth-order valence-corrected chi connectivity index (χ4v) is 3.43. The lowest BCUT2D eigenvalue weighted by Gasteiger charge is -2.22. The number of likely N-dealkylation sites (tertiary alicyclic amines) is 1. The van der Waals surface area contributed by atoms with Crippen molar-refractivity contribution in [3.8, 4) is 17.5 Å².